The summed E-state index contributed by atoms with van der Waals surface area (Å²) < 4.78 is 34.5. The number of amides is 2. The van der Waals surface area contributed by atoms with Gasteiger partial charge in [0.05, 0.1) is 27.7 Å². The Morgan fingerprint density at radius 2 is 1.50 bits per heavy atom. The van der Waals surface area contributed by atoms with Crippen molar-refractivity contribution in [3.05, 3.63) is 125 Å². The summed E-state index contributed by atoms with van der Waals surface area (Å²) in [4.78, 5) is 28.2. The first kappa shape index (κ1) is 43.5. The molecule has 314 valence electrons. The van der Waals surface area contributed by atoms with E-state index < -0.39 is 10.0 Å². The minimum Gasteiger partial charge on any atom is -0.507 e. The molecule has 15 heteroatoms. The number of anilines is 2. The van der Waals surface area contributed by atoms with Gasteiger partial charge in [-0.15, -0.1) is 10.2 Å². The molecule has 4 aromatic carbocycles. The molecule has 0 saturated carbocycles. The maximum absolute atomic E-state index is 13.0. The van der Waals surface area contributed by atoms with Gasteiger partial charge in [-0.25, -0.2) is 8.42 Å². The number of rotatable bonds is 22. The van der Waals surface area contributed by atoms with Gasteiger partial charge in [-0.1, -0.05) is 98.7 Å². The van der Waals surface area contributed by atoms with Crippen molar-refractivity contribution in [1.29, 1.82) is 0 Å². The number of carbonyl (C=O) groups is 2. The van der Waals surface area contributed by atoms with Crippen LogP contribution in [0.15, 0.2) is 108 Å². The maximum Gasteiger partial charge on any atom is 0.261 e. The third-order valence-corrected chi connectivity index (χ3v) is 11.8. The number of unbranched alkanes of at least 4 members (excludes halogenated alkanes) is 7. The first-order valence-corrected chi connectivity index (χ1v) is 22.0. The van der Waals surface area contributed by atoms with Gasteiger partial charge < -0.3 is 31.2 Å². The number of nitrogens with zero attached hydrogens (tertiary/aromatic N) is 2. The van der Waals surface area contributed by atoms with Crippen molar-refractivity contribution in [2.75, 3.05) is 23.6 Å². The summed E-state index contributed by atoms with van der Waals surface area (Å²) >= 11 is 6.17. The van der Waals surface area contributed by atoms with Crippen LogP contribution in [0.3, 0.4) is 0 Å². The van der Waals surface area contributed by atoms with E-state index in [-0.39, 0.29) is 28.3 Å². The average molecular weight is 852 g/mol. The van der Waals surface area contributed by atoms with Crippen molar-refractivity contribution in [1.82, 2.24) is 25.8 Å². The van der Waals surface area contributed by atoms with Gasteiger partial charge in [0.1, 0.15) is 11.4 Å². The lowest BCUT2D eigenvalue weighted by molar-refractivity contribution is -0.121. The number of aromatic amines is 1. The van der Waals surface area contributed by atoms with E-state index in [1.54, 1.807) is 60.8 Å². The van der Waals surface area contributed by atoms with E-state index in [0.29, 0.717) is 71.3 Å². The first-order chi connectivity index (χ1) is 29.1. The van der Waals surface area contributed by atoms with E-state index in [2.05, 4.69) is 30.5 Å². The largest absolute Gasteiger partial charge is 0.507 e. The number of halogens is 1. The van der Waals surface area contributed by atoms with Crippen LogP contribution in [-0.4, -0.2) is 53.7 Å². The number of para-hydroxylation sites is 2. The summed E-state index contributed by atoms with van der Waals surface area (Å²) in [5.74, 6) is 0.519. The fourth-order valence-electron chi connectivity index (χ4n) is 6.68. The van der Waals surface area contributed by atoms with Crippen molar-refractivity contribution in [3.63, 3.8) is 0 Å². The number of H-pyrrole nitrogens is 1. The Bertz CT molecular complexity index is 2480. The molecule has 6 aromatic rings. The molecule has 0 fully saturated rings. The molecule has 0 radical (unpaired) electrons. The molecule has 60 heavy (non-hydrogen) atoms. The normalized spacial score (nSPS) is 11.3. The van der Waals surface area contributed by atoms with Gasteiger partial charge in [-0.3, -0.25) is 14.3 Å². The zero-order chi connectivity index (χ0) is 42.3. The highest BCUT2D eigenvalue weighted by molar-refractivity contribution is 7.92. The van der Waals surface area contributed by atoms with Crippen molar-refractivity contribution in [3.8, 4) is 22.8 Å². The SMILES string of the molecule is Nc1nnc(-c2ccccc2O)cc1OCCc1ccc(C(=O)NCCCCCCCCCCC(=O)NCc2ccc(S(=O)(=O)Nc3cccc4c(Cl)c[nH]c34)cc2)cc1. The Balaban J connectivity index is 0.772. The highest BCUT2D eigenvalue weighted by atomic mass is 35.5. The van der Waals surface area contributed by atoms with E-state index in [4.69, 9.17) is 22.1 Å². The predicted octanol–water partition coefficient (Wildman–Crippen LogP) is 8.55. The molecule has 0 atom stereocenters. The lowest BCUT2D eigenvalue weighted by Gasteiger charge is -2.10. The van der Waals surface area contributed by atoms with Crippen LogP contribution in [0.5, 0.6) is 11.5 Å². The molecular formula is C45H50ClN7O6S. The summed E-state index contributed by atoms with van der Waals surface area (Å²) in [5, 5.41) is 25.3. The van der Waals surface area contributed by atoms with E-state index in [0.717, 1.165) is 67.9 Å². The quantitative estimate of drug-likeness (QED) is 0.0362. The number of hydrogen-bond donors (Lipinski definition) is 6. The van der Waals surface area contributed by atoms with Crippen molar-refractivity contribution >= 4 is 55.8 Å². The highest BCUT2D eigenvalue weighted by Gasteiger charge is 2.17. The molecule has 13 nitrogen and oxygen atoms in total. The Morgan fingerprint density at radius 3 is 2.25 bits per heavy atom. The lowest BCUT2D eigenvalue weighted by atomic mass is 10.1. The number of nitrogen functional groups attached to an aromatic ring is 1. The van der Waals surface area contributed by atoms with Crippen LogP contribution in [0.1, 0.15) is 79.3 Å². The van der Waals surface area contributed by atoms with E-state index in [9.17, 15) is 23.1 Å². The number of nitrogens with one attached hydrogen (secondary N) is 4. The van der Waals surface area contributed by atoms with Crippen molar-refractivity contribution in [2.24, 2.45) is 0 Å². The third-order valence-electron chi connectivity index (χ3n) is 10.1. The standard InChI is InChI=1S/C45H50ClN7O6S/c46-37-30-50-43-35(37)13-11-14-38(43)53-60(57,58)34-23-19-32(20-24-34)29-49-42(55)16-7-5-3-1-2-4-6-10-26-48-45(56)33-21-17-31(18-22-33)25-27-59-41-28-39(51-52-44(41)47)36-12-8-9-15-40(36)54/h8-9,11-15,17-24,28,30,50,53-54H,1-7,10,16,25-27,29H2,(H2,47,52)(H,48,56)(H,49,55). The molecule has 0 bridgehead atoms. The molecule has 0 unspecified atom stereocenters. The molecule has 0 aliphatic rings. The van der Waals surface area contributed by atoms with Crippen LogP contribution in [0.25, 0.3) is 22.2 Å². The molecular weight excluding hydrogens is 802 g/mol. The second-order valence-electron chi connectivity index (χ2n) is 14.5. The molecule has 0 spiro atoms. The fraction of sp³-hybridized carbons (Fsp3) is 0.289. The number of carbonyl (C=O) groups excluding carboxylic acids is 2. The van der Waals surface area contributed by atoms with Crippen LogP contribution in [-0.2, 0) is 27.8 Å². The van der Waals surface area contributed by atoms with E-state index in [1.807, 2.05) is 30.3 Å². The number of fused-ring (bicyclic) bond motifs is 1. The summed E-state index contributed by atoms with van der Waals surface area (Å²) in [7, 11) is -3.83. The maximum atomic E-state index is 13.0. The summed E-state index contributed by atoms with van der Waals surface area (Å²) in [6.07, 6.45) is 10.8. The number of phenols is 1. The van der Waals surface area contributed by atoms with Gasteiger partial charge in [-0.2, -0.15) is 0 Å². The van der Waals surface area contributed by atoms with Crippen LogP contribution in [0.2, 0.25) is 5.02 Å². The van der Waals surface area contributed by atoms with Gasteiger partial charge in [0.15, 0.2) is 11.6 Å². The zero-order valence-corrected chi connectivity index (χ0v) is 34.8. The third kappa shape index (κ3) is 12.2. The number of phenolic OH excluding ortho intramolecular Hbond substituents is 1. The van der Waals surface area contributed by atoms with Crippen LogP contribution >= 0.6 is 11.6 Å². The number of benzene rings is 4. The Hall–Kier alpha value is -6.12. The topological polar surface area (TPSA) is 201 Å². The minimum atomic E-state index is -3.83. The van der Waals surface area contributed by atoms with Gasteiger partial charge >= 0.3 is 0 Å². The number of nitrogens with two attached hydrogens (primary N) is 1. The molecule has 0 saturated heterocycles. The monoisotopic (exact) mass is 851 g/mol. The number of ether oxygens (including phenoxy) is 1. The lowest BCUT2D eigenvalue weighted by Crippen LogP contribution is -2.24. The fourth-order valence-corrected chi connectivity index (χ4v) is 7.97. The van der Waals surface area contributed by atoms with E-state index >= 15 is 0 Å². The van der Waals surface area contributed by atoms with Crippen LogP contribution < -0.4 is 25.8 Å². The molecule has 7 N–H and O–H groups in total. The Morgan fingerprint density at radius 1 is 0.800 bits per heavy atom. The van der Waals surface area contributed by atoms with Gasteiger partial charge in [0.2, 0.25) is 5.91 Å². The van der Waals surface area contributed by atoms with Crippen LogP contribution in [0, 0.1) is 0 Å². The molecule has 0 aliphatic heterocycles. The number of hydrogen-bond acceptors (Lipinski definition) is 9. The predicted molar refractivity (Wildman–Crippen MR) is 235 cm³/mol. The van der Waals surface area contributed by atoms with Crippen molar-refractivity contribution < 1.29 is 27.9 Å². The number of sulfonamides is 1. The number of aromatic nitrogens is 3. The Kier molecular flexibility index (Phi) is 15.4. The first-order valence-electron chi connectivity index (χ1n) is 20.1. The average Bonchev–Trinajstić information content (AvgIpc) is 3.64. The number of aromatic hydroxyl groups is 1. The summed E-state index contributed by atoms with van der Waals surface area (Å²) in [5.41, 5.74) is 10.4. The van der Waals surface area contributed by atoms with Gasteiger partial charge in [0, 0.05) is 54.7 Å². The van der Waals surface area contributed by atoms with Gasteiger partial charge in [0.25, 0.3) is 15.9 Å². The molecule has 6 rings (SSSR count). The summed E-state index contributed by atoms with van der Waals surface area (Å²) in [6, 6.07) is 27.6. The molecule has 2 amide bonds. The minimum absolute atomic E-state index is 0.0267. The smallest absolute Gasteiger partial charge is 0.261 e. The Labute approximate surface area is 355 Å². The molecule has 0 aliphatic carbocycles. The van der Waals surface area contributed by atoms with Crippen LogP contribution in [0.4, 0.5) is 11.5 Å². The zero-order valence-electron chi connectivity index (χ0n) is 33.3. The molecule has 2 aromatic heterocycles. The van der Waals surface area contributed by atoms with E-state index in [1.165, 1.54) is 12.1 Å². The second-order valence-corrected chi connectivity index (χ2v) is 16.6. The molecule has 2 heterocycles. The second kappa shape index (κ2) is 21.2. The van der Waals surface area contributed by atoms with Crippen molar-refractivity contribution in [2.45, 2.75) is 75.6 Å². The highest BCUT2D eigenvalue weighted by Crippen LogP contribution is 2.31. The summed E-state index contributed by atoms with van der Waals surface area (Å²) in [6.45, 7) is 1.29. The van der Waals surface area contributed by atoms with Gasteiger partial charge in [-0.05, 0) is 66.4 Å².